The molecule has 0 aliphatic carbocycles. The van der Waals surface area contributed by atoms with Crippen LogP contribution in [0, 0.1) is 44.6 Å². The maximum atomic E-state index is 11.5. The molecule has 185 valence electrons. The molecule has 0 bridgehead atoms. The number of allylic oxidation sites excluding steroid dienone is 2. The molecular formula is C30H38IrNO2-. The number of rotatable bonds is 2. The van der Waals surface area contributed by atoms with Crippen molar-refractivity contribution in [2.75, 3.05) is 0 Å². The topological polar surface area (TPSA) is 50.2 Å². The first-order valence-electron chi connectivity index (χ1n) is 11.4. The van der Waals surface area contributed by atoms with Gasteiger partial charge in [-0.15, -0.1) is 34.9 Å². The summed E-state index contributed by atoms with van der Waals surface area (Å²) in [5.41, 5.74) is 7.26. The van der Waals surface area contributed by atoms with Crippen molar-refractivity contribution in [2.24, 2.45) is 10.8 Å². The number of hydrogen-bond donors (Lipinski definition) is 1. The van der Waals surface area contributed by atoms with Gasteiger partial charge in [0.05, 0.1) is 5.52 Å². The van der Waals surface area contributed by atoms with Crippen molar-refractivity contribution in [3.8, 4) is 11.3 Å². The minimum Gasteiger partial charge on any atom is -0.512 e. The molecule has 34 heavy (non-hydrogen) atoms. The Morgan fingerprint density at radius 2 is 1.50 bits per heavy atom. The van der Waals surface area contributed by atoms with Gasteiger partial charge in [-0.25, -0.2) is 0 Å². The summed E-state index contributed by atoms with van der Waals surface area (Å²) in [4.78, 5) is 16.4. The molecule has 3 rings (SSSR count). The fraction of sp³-hybridized carbons (Fsp3) is 0.400. The minimum absolute atomic E-state index is 0. The number of aromatic nitrogens is 1. The van der Waals surface area contributed by atoms with Gasteiger partial charge in [-0.05, 0) is 36.6 Å². The molecule has 0 saturated heterocycles. The van der Waals surface area contributed by atoms with Crippen LogP contribution in [0.15, 0.2) is 48.2 Å². The zero-order chi connectivity index (χ0) is 25.1. The summed E-state index contributed by atoms with van der Waals surface area (Å²) in [5, 5.41) is 10.8. The van der Waals surface area contributed by atoms with Gasteiger partial charge in [0, 0.05) is 37.0 Å². The first-order valence-corrected chi connectivity index (χ1v) is 11.4. The molecule has 0 saturated carbocycles. The van der Waals surface area contributed by atoms with Gasteiger partial charge in [-0.3, -0.25) is 9.78 Å². The molecule has 1 radical (unpaired) electrons. The zero-order valence-electron chi connectivity index (χ0n) is 22.2. The molecule has 0 amide bonds. The van der Waals surface area contributed by atoms with Crippen LogP contribution in [0.3, 0.4) is 0 Å². The van der Waals surface area contributed by atoms with Crippen molar-refractivity contribution >= 4 is 16.7 Å². The molecule has 1 heterocycles. The fourth-order valence-corrected chi connectivity index (χ4v) is 3.11. The molecule has 1 N–H and O–H groups in total. The summed E-state index contributed by atoms with van der Waals surface area (Å²) >= 11 is 0. The number of ketones is 1. The van der Waals surface area contributed by atoms with E-state index in [1.807, 2.05) is 41.5 Å². The van der Waals surface area contributed by atoms with E-state index in [4.69, 9.17) is 4.98 Å². The molecule has 0 atom stereocenters. The maximum absolute atomic E-state index is 11.5. The first kappa shape index (κ1) is 29.7. The normalized spacial score (nSPS) is 12.0. The van der Waals surface area contributed by atoms with Crippen molar-refractivity contribution in [1.29, 1.82) is 0 Å². The van der Waals surface area contributed by atoms with Crippen LogP contribution in [0.1, 0.15) is 63.8 Å². The quantitative estimate of drug-likeness (QED) is 0.176. The summed E-state index contributed by atoms with van der Waals surface area (Å²) in [6, 6.07) is 16.3. The number of aryl methyl sites for hydroxylation is 4. The van der Waals surface area contributed by atoms with Crippen molar-refractivity contribution in [3.63, 3.8) is 0 Å². The van der Waals surface area contributed by atoms with Crippen molar-refractivity contribution < 1.29 is 30.0 Å². The maximum Gasteiger partial charge on any atom is 0.164 e. The van der Waals surface area contributed by atoms with Gasteiger partial charge in [0.25, 0.3) is 0 Å². The second-order valence-corrected chi connectivity index (χ2v) is 10.9. The summed E-state index contributed by atoms with van der Waals surface area (Å²) in [6.07, 6.45) is 1.33. The third-order valence-electron chi connectivity index (χ3n) is 5.48. The van der Waals surface area contributed by atoms with Crippen LogP contribution in [0.4, 0.5) is 0 Å². The number of carbonyl (C=O) groups is 1. The van der Waals surface area contributed by atoms with Crippen LogP contribution in [-0.4, -0.2) is 15.9 Å². The number of benzene rings is 2. The predicted molar refractivity (Wildman–Crippen MR) is 140 cm³/mol. The number of carbonyl (C=O) groups excluding carboxylic acids is 1. The smallest absolute Gasteiger partial charge is 0.164 e. The van der Waals surface area contributed by atoms with E-state index in [1.165, 1.54) is 28.2 Å². The number of aliphatic hydroxyl groups excluding tert-OH is 1. The second kappa shape index (κ2) is 11.4. The molecular weight excluding hydrogens is 599 g/mol. The van der Waals surface area contributed by atoms with Crippen LogP contribution < -0.4 is 0 Å². The van der Waals surface area contributed by atoms with Gasteiger partial charge >= 0.3 is 0 Å². The molecule has 0 fully saturated rings. The average molecular weight is 637 g/mol. The number of nitrogens with zero attached hydrogens (tertiary/aromatic N) is 1. The van der Waals surface area contributed by atoms with Crippen LogP contribution in [0.2, 0.25) is 0 Å². The van der Waals surface area contributed by atoms with E-state index in [-0.39, 0.29) is 37.1 Å². The second-order valence-electron chi connectivity index (χ2n) is 10.9. The molecule has 0 unspecified atom stereocenters. The van der Waals surface area contributed by atoms with Gasteiger partial charge in [-0.2, -0.15) is 0 Å². The number of pyridine rings is 1. The van der Waals surface area contributed by atoms with Crippen LogP contribution in [-0.2, 0) is 24.9 Å². The Morgan fingerprint density at radius 3 is 2.06 bits per heavy atom. The Labute approximate surface area is 219 Å². The van der Waals surface area contributed by atoms with E-state index in [9.17, 15) is 9.90 Å². The Hall–Kier alpha value is -2.29. The Bertz CT molecular complexity index is 1190. The fourth-order valence-electron chi connectivity index (χ4n) is 3.11. The average Bonchev–Trinajstić information content (AvgIpc) is 2.68. The molecule has 0 aliphatic heterocycles. The minimum atomic E-state index is -0.417. The molecule has 3 aromatic rings. The van der Waals surface area contributed by atoms with E-state index < -0.39 is 5.41 Å². The standard InChI is InChI=1S/C19H18N.C11H20O2.Ir/c1-12-5-7-14(3)17(9-12)19-15(4)11-16-8-6-13(2)10-18(16)20-19;1-10(2,3)8(12)7-9(13)11(4,5)6;/h5-8,10-11H,1-4H3;7,12H,1-6H3;/q-1;;/b;8-7-;. The molecule has 4 heteroatoms. The number of aliphatic hydroxyl groups is 1. The van der Waals surface area contributed by atoms with E-state index in [2.05, 4.69) is 70.2 Å². The van der Waals surface area contributed by atoms with Crippen molar-refractivity contribution in [1.82, 2.24) is 4.98 Å². The SMILES string of the molecule is CC(C)(C)C(=O)/C=C(\O)C(C)(C)C.Cc1[c-]c(-c2nc3cc(C)ccc3cc2C)c(C)cc1.[Ir]. The van der Waals surface area contributed by atoms with Gasteiger partial charge in [0.2, 0.25) is 0 Å². The van der Waals surface area contributed by atoms with Gasteiger partial charge in [-0.1, -0.05) is 79.2 Å². The molecule has 2 aromatic carbocycles. The number of hydrogen-bond acceptors (Lipinski definition) is 3. The summed E-state index contributed by atoms with van der Waals surface area (Å²) < 4.78 is 0. The summed E-state index contributed by atoms with van der Waals surface area (Å²) in [7, 11) is 0. The van der Waals surface area contributed by atoms with E-state index in [0.29, 0.717) is 0 Å². The monoisotopic (exact) mass is 637 g/mol. The van der Waals surface area contributed by atoms with Gasteiger partial charge in [0.1, 0.15) is 5.76 Å². The third kappa shape index (κ3) is 7.89. The molecule has 0 spiro atoms. The van der Waals surface area contributed by atoms with E-state index >= 15 is 0 Å². The zero-order valence-corrected chi connectivity index (χ0v) is 24.6. The largest absolute Gasteiger partial charge is 0.512 e. The van der Waals surface area contributed by atoms with Crippen molar-refractivity contribution in [3.05, 3.63) is 76.6 Å². The molecule has 3 nitrogen and oxygen atoms in total. The summed E-state index contributed by atoms with van der Waals surface area (Å²) in [6.45, 7) is 19.5. The van der Waals surface area contributed by atoms with E-state index in [0.717, 1.165) is 22.3 Å². The van der Waals surface area contributed by atoms with Gasteiger partial charge < -0.3 is 5.11 Å². The first-order chi connectivity index (χ1) is 15.1. The Morgan fingerprint density at radius 1 is 0.882 bits per heavy atom. The molecule has 0 aliphatic rings. The van der Waals surface area contributed by atoms with Crippen LogP contribution in [0.5, 0.6) is 0 Å². The Kier molecular flexibility index (Phi) is 9.99. The molecule has 1 aromatic heterocycles. The van der Waals surface area contributed by atoms with E-state index in [1.54, 1.807) is 0 Å². The summed E-state index contributed by atoms with van der Waals surface area (Å²) in [5.74, 6) is 0.104. The Balaban J connectivity index is 0.000000364. The predicted octanol–water partition coefficient (Wildman–Crippen LogP) is 8.02. The van der Waals surface area contributed by atoms with Crippen LogP contribution in [0.25, 0.3) is 22.2 Å². The third-order valence-corrected chi connectivity index (χ3v) is 5.48. The number of fused-ring (bicyclic) bond motifs is 1. The van der Waals surface area contributed by atoms with Crippen molar-refractivity contribution in [2.45, 2.75) is 69.2 Å². The van der Waals surface area contributed by atoms with Gasteiger partial charge in [0.15, 0.2) is 5.78 Å². The van der Waals surface area contributed by atoms with Crippen LogP contribution >= 0.6 is 0 Å².